The fourth-order valence-corrected chi connectivity index (χ4v) is 3.98. The van der Waals surface area contributed by atoms with E-state index >= 15 is 0 Å². The highest BCUT2D eigenvalue weighted by Crippen LogP contribution is 2.26. The molecule has 0 aliphatic carbocycles. The average Bonchev–Trinajstić information content (AvgIpc) is 3.56. The highest BCUT2D eigenvalue weighted by molar-refractivity contribution is 5.83. The number of fused-ring (bicyclic) bond motifs is 2. The Labute approximate surface area is 186 Å². The molecule has 0 fully saturated rings. The van der Waals surface area contributed by atoms with Gasteiger partial charge in [0.2, 0.25) is 0 Å². The average molecular weight is 432 g/mol. The van der Waals surface area contributed by atoms with Crippen molar-refractivity contribution >= 4 is 22.1 Å². The lowest BCUT2D eigenvalue weighted by Crippen LogP contribution is -2.04. The molecule has 9 nitrogen and oxygen atoms in total. The molecule has 0 atom stereocenters. The Hall–Kier alpha value is -4.97. The van der Waals surface area contributed by atoms with E-state index in [0.29, 0.717) is 17.6 Å². The van der Waals surface area contributed by atoms with Crippen molar-refractivity contribution in [3.63, 3.8) is 0 Å². The lowest BCUT2D eigenvalue weighted by atomic mass is 10.1. The van der Waals surface area contributed by atoms with Crippen LogP contribution in [0.4, 0.5) is 0 Å². The van der Waals surface area contributed by atoms with Crippen LogP contribution in [0.15, 0.2) is 77.7 Å². The summed E-state index contributed by atoms with van der Waals surface area (Å²) < 4.78 is 3.68. The lowest BCUT2D eigenvalue weighted by molar-refractivity contribution is 0.694. The second kappa shape index (κ2) is 7.32. The molecule has 3 aromatic carbocycles. The number of hydrogen-bond acceptors (Lipinski definition) is 5. The van der Waals surface area contributed by atoms with Gasteiger partial charge < -0.3 is 9.97 Å². The van der Waals surface area contributed by atoms with E-state index in [1.807, 2.05) is 71.4 Å². The zero-order valence-electron chi connectivity index (χ0n) is 17.2. The number of aromatic amines is 2. The number of nitrogens with one attached hydrogen (secondary N) is 2. The van der Waals surface area contributed by atoms with E-state index in [2.05, 4.69) is 31.4 Å². The van der Waals surface area contributed by atoms with Crippen molar-refractivity contribution in [2.75, 3.05) is 0 Å². The monoisotopic (exact) mass is 432 g/mol. The SMILES string of the molecule is N#Cc1ccc(Cn2nccc2-c2ccc3nnn(-c4ccc5[nH]c(=O)[nH]c5c4)c3c2)cc1. The standard InChI is InChI=1S/C24H16N8O/c25-13-15-1-3-16(4-2-15)14-31-22(9-10-26-31)17-5-7-20-23(11-17)32(30-29-20)18-6-8-19-21(12-18)28-24(33)27-19/h1-12H,14H2,(H2,27,28,33). The van der Waals surface area contributed by atoms with E-state index in [4.69, 9.17) is 5.26 Å². The molecule has 0 saturated heterocycles. The van der Waals surface area contributed by atoms with E-state index in [1.165, 1.54) is 0 Å². The van der Waals surface area contributed by atoms with E-state index in [1.54, 1.807) is 10.9 Å². The summed E-state index contributed by atoms with van der Waals surface area (Å²) in [5.74, 6) is 0. The van der Waals surface area contributed by atoms with Crippen LogP contribution >= 0.6 is 0 Å². The summed E-state index contributed by atoms with van der Waals surface area (Å²) in [6.07, 6.45) is 1.77. The van der Waals surface area contributed by atoms with Gasteiger partial charge in [-0.2, -0.15) is 10.4 Å². The van der Waals surface area contributed by atoms with Crippen LogP contribution in [0.1, 0.15) is 11.1 Å². The van der Waals surface area contributed by atoms with Crippen LogP contribution in [-0.4, -0.2) is 34.7 Å². The number of imidazole rings is 1. The molecule has 0 bridgehead atoms. The zero-order chi connectivity index (χ0) is 22.4. The van der Waals surface area contributed by atoms with Crippen molar-refractivity contribution in [1.29, 1.82) is 5.26 Å². The molecule has 3 aromatic heterocycles. The maximum atomic E-state index is 11.6. The van der Waals surface area contributed by atoms with Crippen LogP contribution < -0.4 is 5.69 Å². The van der Waals surface area contributed by atoms with Crippen LogP contribution in [0, 0.1) is 11.3 Å². The Morgan fingerprint density at radius 1 is 0.939 bits per heavy atom. The summed E-state index contributed by atoms with van der Waals surface area (Å²) in [6, 6.07) is 23.2. The Morgan fingerprint density at radius 2 is 1.79 bits per heavy atom. The van der Waals surface area contributed by atoms with Gasteiger partial charge in [0.1, 0.15) is 5.52 Å². The number of nitrogens with zero attached hydrogens (tertiary/aromatic N) is 6. The summed E-state index contributed by atoms with van der Waals surface area (Å²) in [7, 11) is 0. The largest absolute Gasteiger partial charge is 0.323 e. The summed E-state index contributed by atoms with van der Waals surface area (Å²) in [5.41, 5.74) is 7.22. The summed E-state index contributed by atoms with van der Waals surface area (Å²) in [4.78, 5) is 17.1. The molecule has 158 valence electrons. The Bertz CT molecular complexity index is 1730. The number of benzene rings is 3. The van der Waals surface area contributed by atoms with Gasteiger partial charge in [-0.3, -0.25) is 4.68 Å². The van der Waals surface area contributed by atoms with Crippen molar-refractivity contribution in [2.24, 2.45) is 0 Å². The van der Waals surface area contributed by atoms with Crippen LogP contribution in [-0.2, 0) is 6.54 Å². The van der Waals surface area contributed by atoms with Crippen LogP contribution in [0.5, 0.6) is 0 Å². The molecule has 2 N–H and O–H groups in total. The van der Waals surface area contributed by atoms with Crippen molar-refractivity contribution in [2.45, 2.75) is 6.54 Å². The minimum Gasteiger partial charge on any atom is -0.306 e. The predicted octanol–water partition coefficient (Wildman–Crippen LogP) is 3.37. The normalized spacial score (nSPS) is 11.2. The molecule has 0 amide bonds. The van der Waals surface area contributed by atoms with Crippen molar-refractivity contribution in [3.8, 4) is 23.0 Å². The van der Waals surface area contributed by atoms with Gasteiger partial charge in [-0.1, -0.05) is 23.4 Å². The van der Waals surface area contributed by atoms with Crippen LogP contribution in [0.25, 0.3) is 39.0 Å². The second-order valence-electron chi connectivity index (χ2n) is 7.70. The van der Waals surface area contributed by atoms with Gasteiger partial charge in [0.25, 0.3) is 0 Å². The van der Waals surface area contributed by atoms with Crippen molar-refractivity contribution in [3.05, 3.63) is 94.5 Å². The number of nitriles is 1. The summed E-state index contributed by atoms with van der Waals surface area (Å²) >= 11 is 0. The van der Waals surface area contributed by atoms with Crippen LogP contribution in [0.3, 0.4) is 0 Å². The van der Waals surface area contributed by atoms with Gasteiger partial charge in [0, 0.05) is 11.8 Å². The fraction of sp³-hybridized carbons (Fsp3) is 0.0417. The summed E-state index contributed by atoms with van der Waals surface area (Å²) in [6.45, 7) is 0.584. The van der Waals surface area contributed by atoms with E-state index < -0.39 is 0 Å². The molecule has 0 aliphatic rings. The third-order valence-corrected chi connectivity index (χ3v) is 5.62. The maximum absolute atomic E-state index is 11.6. The molecule has 6 rings (SSSR count). The molecule has 0 radical (unpaired) electrons. The lowest BCUT2D eigenvalue weighted by Gasteiger charge is -2.09. The minimum atomic E-state index is -0.247. The second-order valence-corrected chi connectivity index (χ2v) is 7.70. The molecule has 6 aromatic rings. The van der Waals surface area contributed by atoms with Gasteiger partial charge in [0.15, 0.2) is 0 Å². The smallest absolute Gasteiger partial charge is 0.306 e. The Kier molecular flexibility index (Phi) is 4.16. The molecule has 9 heteroatoms. The van der Waals surface area contributed by atoms with Crippen molar-refractivity contribution < 1.29 is 0 Å². The number of H-pyrrole nitrogens is 2. The zero-order valence-corrected chi connectivity index (χ0v) is 17.2. The third kappa shape index (κ3) is 3.26. The number of hydrogen-bond donors (Lipinski definition) is 2. The quantitative estimate of drug-likeness (QED) is 0.442. The van der Waals surface area contributed by atoms with E-state index in [0.717, 1.165) is 39.1 Å². The topological polar surface area (TPSA) is 121 Å². The molecule has 33 heavy (non-hydrogen) atoms. The Morgan fingerprint density at radius 3 is 2.64 bits per heavy atom. The molecule has 0 spiro atoms. The van der Waals surface area contributed by atoms with Gasteiger partial charge in [-0.25, -0.2) is 9.48 Å². The molecule has 3 heterocycles. The van der Waals surface area contributed by atoms with Gasteiger partial charge >= 0.3 is 5.69 Å². The summed E-state index contributed by atoms with van der Waals surface area (Å²) in [5, 5.41) is 22.1. The van der Waals surface area contributed by atoms with E-state index in [9.17, 15) is 4.79 Å². The molecule has 0 saturated carbocycles. The highest BCUT2D eigenvalue weighted by Gasteiger charge is 2.12. The van der Waals surface area contributed by atoms with E-state index in [-0.39, 0.29) is 5.69 Å². The first-order valence-corrected chi connectivity index (χ1v) is 10.3. The first kappa shape index (κ1) is 18.8. The van der Waals surface area contributed by atoms with Gasteiger partial charge in [-0.05, 0) is 54.1 Å². The fourth-order valence-electron chi connectivity index (χ4n) is 3.98. The molecular formula is C24H16N8O. The third-order valence-electron chi connectivity index (χ3n) is 5.62. The molecule has 0 aliphatic heterocycles. The minimum absolute atomic E-state index is 0.247. The van der Waals surface area contributed by atoms with Gasteiger partial charge in [0.05, 0.1) is 46.1 Å². The van der Waals surface area contributed by atoms with Gasteiger partial charge in [-0.15, -0.1) is 5.10 Å². The first-order valence-electron chi connectivity index (χ1n) is 10.3. The predicted molar refractivity (Wildman–Crippen MR) is 123 cm³/mol. The molecule has 0 unspecified atom stereocenters. The van der Waals surface area contributed by atoms with Crippen LogP contribution in [0.2, 0.25) is 0 Å². The van der Waals surface area contributed by atoms with Crippen molar-refractivity contribution in [1.82, 2.24) is 34.7 Å². The number of aromatic nitrogens is 7. The first-order chi connectivity index (χ1) is 16.2. The number of rotatable bonds is 4. The maximum Gasteiger partial charge on any atom is 0.323 e. The highest BCUT2D eigenvalue weighted by atomic mass is 16.1. The molecular weight excluding hydrogens is 416 g/mol. The Balaban J connectivity index is 1.40.